The molecule has 0 bridgehead atoms. The summed E-state index contributed by atoms with van der Waals surface area (Å²) < 4.78 is 24.5. The second-order valence-electron chi connectivity index (χ2n) is 7.36. The number of nitrogens with one attached hydrogen (secondary N) is 1. The van der Waals surface area contributed by atoms with Crippen LogP contribution in [0.1, 0.15) is 43.7 Å². The molecule has 1 atom stereocenters. The quantitative estimate of drug-likeness (QED) is 0.859. The second kappa shape index (κ2) is 6.83. The molecule has 136 valence electrons. The van der Waals surface area contributed by atoms with Gasteiger partial charge in [-0.1, -0.05) is 0 Å². The average Bonchev–Trinajstić information content (AvgIpc) is 3.47. The second-order valence-corrected chi connectivity index (χ2v) is 7.36. The predicted octanol–water partition coefficient (Wildman–Crippen LogP) is 3.21. The van der Waals surface area contributed by atoms with E-state index in [1.165, 1.54) is 25.0 Å². The highest BCUT2D eigenvalue weighted by Crippen LogP contribution is 2.39. The molecule has 0 aromatic heterocycles. The van der Waals surface area contributed by atoms with Gasteiger partial charge in [0.25, 0.3) is 0 Å². The molecule has 0 radical (unpaired) electrons. The lowest BCUT2D eigenvalue weighted by Gasteiger charge is -2.29. The van der Waals surface area contributed by atoms with Crippen molar-refractivity contribution in [3.05, 3.63) is 29.1 Å². The molecule has 25 heavy (non-hydrogen) atoms. The van der Waals surface area contributed by atoms with Crippen LogP contribution in [-0.4, -0.2) is 36.4 Å². The molecule has 2 aliphatic carbocycles. The van der Waals surface area contributed by atoms with Gasteiger partial charge in [0.05, 0.1) is 6.61 Å². The molecule has 2 fully saturated rings. The van der Waals surface area contributed by atoms with Gasteiger partial charge in [0.1, 0.15) is 11.6 Å². The van der Waals surface area contributed by atoms with E-state index >= 15 is 0 Å². The van der Waals surface area contributed by atoms with Crippen LogP contribution in [0.15, 0.2) is 12.1 Å². The highest BCUT2D eigenvalue weighted by Gasteiger charge is 2.41. The van der Waals surface area contributed by atoms with Crippen LogP contribution in [0.5, 0.6) is 5.75 Å². The standard InChI is InChI=1S/C19H25FN2O3/c1-12(13-2-3-13)22(17-4-5-17)19(23)21-7-6-14-8-16(20)9-15-10-24-11-25-18(14)15/h8-9,12-13,17H,2-7,10-11H2,1H3,(H,21,23)/t12-/m0/s1. The summed E-state index contributed by atoms with van der Waals surface area (Å²) in [5.41, 5.74) is 1.52. The normalized spacial score (nSPS) is 20.4. The van der Waals surface area contributed by atoms with Gasteiger partial charge in [0, 0.05) is 24.2 Å². The zero-order chi connectivity index (χ0) is 17.4. The van der Waals surface area contributed by atoms with E-state index in [1.54, 1.807) is 0 Å². The predicted molar refractivity (Wildman–Crippen MR) is 90.8 cm³/mol. The van der Waals surface area contributed by atoms with E-state index in [0.717, 1.165) is 24.0 Å². The number of carbonyl (C=O) groups excluding carboxylic acids is 1. The van der Waals surface area contributed by atoms with Crippen molar-refractivity contribution in [2.24, 2.45) is 5.92 Å². The molecule has 1 aromatic carbocycles. The van der Waals surface area contributed by atoms with Crippen molar-refractivity contribution in [1.82, 2.24) is 10.2 Å². The molecular weight excluding hydrogens is 323 g/mol. The summed E-state index contributed by atoms with van der Waals surface area (Å²) >= 11 is 0. The first kappa shape index (κ1) is 16.6. The molecule has 5 nitrogen and oxygen atoms in total. The largest absolute Gasteiger partial charge is 0.467 e. The van der Waals surface area contributed by atoms with Crippen LogP contribution in [-0.2, 0) is 17.8 Å². The van der Waals surface area contributed by atoms with Gasteiger partial charge in [0.15, 0.2) is 6.79 Å². The van der Waals surface area contributed by atoms with Crippen LogP contribution in [0.2, 0.25) is 0 Å². The van der Waals surface area contributed by atoms with Crippen LogP contribution >= 0.6 is 0 Å². The third-order valence-electron chi connectivity index (χ3n) is 5.34. The van der Waals surface area contributed by atoms with Crippen molar-refractivity contribution < 1.29 is 18.7 Å². The topological polar surface area (TPSA) is 50.8 Å². The van der Waals surface area contributed by atoms with Crippen molar-refractivity contribution in [1.29, 1.82) is 0 Å². The highest BCUT2D eigenvalue weighted by atomic mass is 19.1. The number of halogens is 1. The minimum absolute atomic E-state index is 0.0106. The van der Waals surface area contributed by atoms with Gasteiger partial charge in [-0.15, -0.1) is 0 Å². The van der Waals surface area contributed by atoms with Crippen molar-refractivity contribution in [3.8, 4) is 5.75 Å². The number of amides is 2. The molecule has 6 heteroatoms. The molecule has 1 aliphatic heterocycles. The number of rotatable bonds is 6. The average molecular weight is 348 g/mol. The lowest BCUT2D eigenvalue weighted by molar-refractivity contribution is -0.0172. The Bertz CT molecular complexity index is 658. The zero-order valence-electron chi connectivity index (χ0n) is 14.6. The summed E-state index contributed by atoms with van der Waals surface area (Å²) in [6.45, 7) is 3.18. The molecule has 0 saturated heterocycles. The van der Waals surface area contributed by atoms with Crippen molar-refractivity contribution in [2.75, 3.05) is 13.3 Å². The van der Waals surface area contributed by atoms with Crippen LogP contribution in [0, 0.1) is 11.7 Å². The van der Waals surface area contributed by atoms with E-state index < -0.39 is 0 Å². The maximum Gasteiger partial charge on any atom is 0.317 e. The van der Waals surface area contributed by atoms with Crippen LogP contribution in [0.4, 0.5) is 9.18 Å². The Morgan fingerprint density at radius 2 is 2.16 bits per heavy atom. The van der Waals surface area contributed by atoms with Crippen LogP contribution < -0.4 is 10.1 Å². The van der Waals surface area contributed by atoms with Gasteiger partial charge < -0.3 is 19.7 Å². The molecule has 1 N–H and O–H groups in total. The maximum atomic E-state index is 13.8. The summed E-state index contributed by atoms with van der Waals surface area (Å²) in [5, 5.41) is 3.02. The number of benzene rings is 1. The first-order valence-corrected chi connectivity index (χ1v) is 9.21. The molecule has 2 amide bonds. The summed E-state index contributed by atoms with van der Waals surface area (Å²) in [6, 6.07) is 3.66. The van der Waals surface area contributed by atoms with Crippen molar-refractivity contribution >= 4 is 6.03 Å². The van der Waals surface area contributed by atoms with E-state index in [-0.39, 0.29) is 18.6 Å². The number of fused-ring (bicyclic) bond motifs is 1. The fourth-order valence-electron chi connectivity index (χ4n) is 3.68. The SMILES string of the molecule is C[C@@H](C1CC1)N(C(=O)NCCc1cc(F)cc2c1OCOC2)C1CC1. The first-order valence-electron chi connectivity index (χ1n) is 9.21. The minimum Gasteiger partial charge on any atom is -0.467 e. The van der Waals surface area contributed by atoms with E-state index in [1.807, 2.05) is 4.90 Å². The van der Waals surface area contributed by atoms with E-state index in [2.05, 4.69) is 12.2 Å². The lowest BCUT2D eigenvalue weighted by Crippen LogP contribution is -2.47. The Kier molecular flexibility index (Phi) is 4.54. The maximum absolute atomic E-state index is 13.8. The van der Waals surface area contributed by atoms with Crippen LogP contribution in [0.25, 0.3) is 0 Å². The Hall–Kier alpha value is -1.82. The minimum atomic E-state index is -0.295. The molecule has 1 aromatic rings. The van der Waals surface area contributed by atoms with Gasteiger partial charge in [-0.2, -0.15) is 0 Å². The molecule has 2 saturated carbocycles. The van der Waals surface area contributed by atoms with Gasteiger partial charge in [-0.25, -0.2) is 9.18 Å². The smallest absolute Gasteiger partial charge is 0.317 e. The number of hydrogen-bond acceptors (Lipinski definition) is 3. The van der Waals surface area contributed by atoms with E-state index in [4.69, 9.17) is 9.47 Å². The third-order valence-corrected chi connectivity index (χ3v) is 5.34. The summed E-state index contributed by atoms with van der Waals surface area (Å²) in [5.74, 6) is 1.07. The summed E-state index contributed by atoms with van der Waals surface area (Å²) in [7, 11) is 0. The fourth-order valence-corrected chi connectivity index (χ4v) is 3.68. The highest BCUT2D eigenvalue weighted by molar-refractivity contribution is 5.75. The van der Waals surface area contributed by atoms with Crippen LogP contribution in [0.3, 0.4) is 0 Å². The lowest BCUT2D eigenvalue weighted by atomic mass is 10.1. The molecule has 0 unspecified atom stereocenters. The van der Waals surface area contributed by atoms with Gasteiger partial charge in [-0.3, -0.25) is 0 Å². The fraction of sp³-hybridized carbons (Fsp3) is 0.632. The Labute approximate surface area is 147 Å². The van der Waals surface area contributed by atoms with Crippen molar-refractivity contribution in [2.45, 2.75) is 57.7 Å². The molecule has 0 spiro atoms. The summed E-state index contributed by atoms with van der Waals surface area (Å²) in [6.07, 6.45) is 5.21. The number of ether oxygens (including phenoxy) is 2. The molecule has 3 aliphatic rings. The van der Waals surface area contributed by atoms with Gasteiger partial charge in [0.2, 0.25) is 0 Å². The number of nitrogens with zero attached hydrogens (tertiary/aromatic N) is 1. The Morgan fingerprint density at radius 3 is 2.88 bits per heavy atom. The number of carbonyl (C=O) groups is 1. The Balaban J connectivity index is 1.37. The number of hydrogen-bond donors (Lipinski definition) is 1. The van der Waals surface area contributed by atoms with E-state index in [0.29, 0.717) is 43.3 Å². The zero-order valence-corrected chi connectivity index (χ0v) is 14.6. The van der Waals surface area contributed by atoms with Gasteiger partial charge >= 0.3 is 6.03 Å². The van der Waals surface area contributed by atoms with E-state index in [9.17, 15) is 9.18 Å². The monoisotopic (exact) mass is 348 g/mol. The molecular formula is C19H25FN2O3. The Morgan fingerprint density at radius 1 is 1.36 bits per heavy atom. The molecule has 4 rings (SSSR count). The summed E-state index contributed by atoms with van der Waals surface area (Å²) in [4.78, 5) is 14.7. The molecule has 1 heterocycles. The van der Waals surface area contributed by atoms with Gasteiger partial charge in [-0.05, 0) is 62.6 Å². The van der Waals surface area contributed by atoms with Crippen molar-refractivity contribution in [3.63, 3.8) is 0 Å². The first-order chi connectivity index (χ1) is 12.1. The third kappa shape index (κ3) is 3.73. The number of urea groups is 1.